The van der Waals surface area contributed by atoms with Crippen LogP contribution < -0.4 is 5.32 Å². The van der Waals surface area contributed by atoms with E-state index in [1.807, 2.05) is 24.3 Å². The maximum Gasteiger partial charge on any atom is 0.338 e. The van der Waals surface area contributed by atoms with Gasteiger partial charge in [0.05, 0.1) is 12.7 Å². The third-order valence-electron chi connectivity index (χ3n) is 3.05. The number of ether oxygens (including phenoxy) is 1. The third-order valence-corrected chi connectivity index (χ3v) is 3.05. The summed E-state index contributed by atoms with van der Waals surface area (Å²) >= 11 is 0. The topological polar surface area (TPSA) is 38.3 Å². The first-order valence-corrected chi connectivity index (χ1v) is 5.73. The van der Waals surface area contributed by atoms with E-state index in [0.717, 1.165) is 18.5 Å². The zero-order valence-corrected chi connectivity index (χ0v) is 10.8. The molecule has 0 radical (unpaired) electrons. The lowest BCUT2D eigenvalue weighted by Gasteiger charge is -2.25. The smallest absolute Gasteiger partial charge is 0.338 e. The van der Waals surface area contributed by atoms with Gasteiger partial charge in [-0.1, -0.05) is 24.6 Å². The van der Waals surface area contributed by atoms with E-state index in [1.165, 1.54) is 20.0 Å². The molecule has 94 valence electrons. The van der Waals surface area contributed by atoms with Crippen molar-refractivity contribution in [3.05, 3.63) is 35.4 Å². The zero-order valence-electron chi connectivity index (χ0n) is 9.94. The lowest BCUT2D eigenvalue weighted by atomic mass is 9.94. The van der Waals surface area contributed by atoms with Crippen molar-refractivity contribution in [1.82, 2.24) is 5.32 Å². The van der Waals surface area contributed by atoms with Gasteiger partial charge < -0.3 is 10.1 Å². The number of halogens is 1. The Morgan fingerprint density at radius 3 is 2.76 bits per heavy atom. The molecule has 1 atom stereocenters. The summed E-state index contributed by atoms with van der Waals surface area (Å²) in [6.45, 7) is 1.03. The summed E-state index contributed by atoms with van der Waals surface area (Å²) in [5.41, 5.74) is 1.75. The number of methoxy groups -OCH3 is 1. The molecule has 3 nitrogen and oxygen atoms in total. The molecule has 1 aliphatic rings. The maximum atomic E-state index is 11.6. The Morgan fingerprint density at radius 2 is 2.12 bits per heavy atom. The molecule has 4 heteroatoms. The van der Waals surface area contributed by atoms with Crippen LogP contribution in [-0.2, 0) is 4.74 Å². The van der Waals surface area contributed by atoms with Crippen molar-refractivity contribution in [1.29, 1.82) is 0 Å². The van der Waals surface area contributed by atoms with Crippen LogP contribution in [0.4, 0.5) is 0 Å². The van der Waals surface area contributed by atoms with E-state index in [4.69, 9.17) is 4.74 Å². The molecular weight excluding hydrogens is 238 g/mol. The highest BCUT2D eigenvalue weighted by Crippen LogP contribution is 2.26. The zero-order chi connectivity index (χ0) is 11.4. The number of hydrogen-bond donors (Lipinski definition) is 1. The van der Waals surface area contributed by atoms with Gasteiger partial charge in [-0.25, -0.2) is 4.79 Å². The number of carbonyl (C=O) groups is 1. The van der Waals surface area contributed by atoms with Gasteiger partial charge in [-0.2, -0.15) is 0 Å². The summed E-state index contributed by atoms with van der Waals surface area (Å²) in [7, 11) is 1.42. The van der Waals surface area contributed by atoms with Crippen molar-refractivity contribution in [2.75, 3.05) is 13.7 Å². The van der Waals surface area contributed by atoms with Gasteiger partial charge in [0.15, 0.2) is 0 Å². The van der Waals surface area contributed by atoms with Crippen molar-refractivity contribution in [2.24, 2.45) is 0 Å². The van der Waals surface area contributed by atoms with E-state index >= 15 is 0 Å². The SMILES string of the molecule is COC(=O)c1ccccc1C1CCCCN1.Cl. The third kappa shape index (κ3) is 3.20. The average Bonchev–Trinajstić information content (AvgIpc) is 2.39. The molecule has 17 heavy (non-hydrogen) atoms. The van der Waals surface area contributed by atoms with Crippen LogP contribution in [0.15, 0.2) is 24.3 Å². The van der Waals surface area contributed by atoms with Crippen LogP contribution in [0.25, 0.3) is 0 Å². The van der Waals surface area contributed by atoms with Crippen LogP contribution in [0, 0.1) is 0 Å². The second-order valence-corrected chi connectivity index (χ2v) is 4.08. The van der Waals surface area contributed by atoms with E-state index in [2.05, 4.69) is 5.32 Å². The molecule has 1 heterocycles. The van der Waals surface area contributed by atoms with E-state index in [0.29, 0.717) is 11.6 Å². The number of rotatable bonds is 2. The molecular formula is C13H18ClNO2. The van der Waals surface area contributed by atoms with Crippen LogP contribution in [0.2, 0.25) is 0 Å². The molecule has 1 unspecified atom stereocenters. The minimum absolute atomic E-state index is 0. The number of hydrogen-bond acceptors (Lipinski definition) is 3. The summed E-state index contributed by atoms with van der Waals surface area (Å²) in [4.78, 5) is 11.6. The lowest BCUT2D eigenvalue weighted by molar-refractivity contribution is 0.0598. The van der Waals surface area contributed by atoms with Gasteiger partial charge in [0, 0.05) is 6.04 Å². The quantitative estimate of drug-likeness (QED) is 0.826. The van der Waals surface area contributed by atoms with Crippen LogP contribution in [0.1, 0.15) is 41.2 Å². The summed E-state index contributed by atoms with van der Waals surface area (Å²) in [5, 5.41) is 3.45. The van der Waals surface area contributed by atoms with Gasteiger partial charge in [-0.3, -0.25) is 0 Å². The van der Waals surface area contributed by atoms with Crippen molar-refractivity contribution < 1.29 is 9.53 Å². The summed E-state index contributed by atoms with van der Waals surface area (Å²) in [6, 6.07) is 7.98. The van der Waals surface area contributed by atoms with Gasteiger partial charge in [-0.05, 0) is 31.0 Å². The monoisotopic (exact) mass is 255 g/mol. The Kier molecular flexibility index (Phi) is 5.45. The fraction of sp³-hybridized carbons (Fsp3) is 0.462. The molecule has 2 rings (SSSR count). The molecule has 1 saturated heterocycles. The highest BCUT2D eigenvalue weighted by molar-refractivity contribution is 5.91. The van der Waals surface area contributed by atoms with Crippen LogP contribution in [-0.4, -0.2) is 19.6 Å². The first-order valence-electron chi connectivity index (χ1n) is 5.73. The highest BCUT2D eigenvalue weighted by Gasteiger charge is 2.20. The summed E-state index contributed by atoms with van der Waals surface area (Å²) in [6.07, 6.45) is 3.53. The molecule has 0 aromatic heterocycles. The number of carbonyl (C=O) groups excluding carboxylic acids is 1. The second kappa shape index (κ2) is 6.62. The van der Waals surface area contributed by atoms with Crippen molar-refractivity contribution >= 4 is 18.4 Å². The molecule has 1 aromatic rings. The second-order valence-electron chi connectivity index (χ2n) is 4.08. The Labute approximate surface area is 108 Å². The van der Waals surface area contributed by atoms with Crippen LogP contribution in [0.3, 0.4) is 0 Å². The standard InChI is InChI=1S/C13H17NO2.ClH/c1-16-13(15)11-7-3-2-6-10(11)12-8-4-5-9-14-12;/h2-3,6-7,12,14H,4-5,8-9H2,1H3;1H. The Hall–Kier alpha value is -1.06. The van der Waals surface area contributed by atoms with Gasteiger partial charge >= 0.3 is 5.97 Å². The van der Waals surface area contributed by atoms with Crippen LogP contribution in [0.5, 0.6) is 0 Å². The molecule has 0 spiro atoms. The van der Waals surface area contributed by atoms with E-state index in [9.17, 15) is 4.79 Å². The Balaban J connectivity index is 0.00000144. The molecule has 0 saturated carbocycles. The van der Waals surface area contributed by atoms with E-state index in [1.54, 1.807) is 0 Å². The number of esters is 1. The molecule has 0 bridgehead atoms. The van der Waals surface area contributed by atoms with Crippen molar-refractivity contribution in [3.63, 3.8) is 0 Å². The lowest BCUT2D eigenvalue weighted by Crippen LogP contribution is -2.28. The van der Waals surface area contributed by atoms with Gasteiger partial charge in [0.25, 0.3) is 0 Å². The minimum Gasteiger partial charge on any atom is -0.465 e. The molecule has 0 aliphatic carbocycles. The fourth-order valence-corrected chi connectivity index (χ4v) is 2.21. The highest BCUT2D eigenvalue weighted by atomic mass is 35.5. The Bertz CT molecular complexity index is 375. The van der Waals surface area contributed by atoms with Gasteiger partial charge in [0.2, 0.25) is 0 Å². The number of piperidine rings is 1. The van der Waals surface area contributed by atoms with E-state index in [-0.39, 0.29) is 18.4 Å². The van der Waals surface area contributed by atoms with E-state index < -0.39 is 0 Å². The maximum absolute atomic E-state index is 11.6. The number of benzene rings is 1. The molecule has 1 aromatic carbocycles. The molecule has 1 aliphatic heterocycles. The summed E-state index contributed by atoms with van der Waals surface area (Å²) in [5.74, 6) is -0.247. The molecule has 0 amide bonds. The Morgan fingerprint density at radius 1 is 1.35 bits per heavy atom. The first-order chi connectivity index (χ1) is 7.83. The van der Waals surface area contributed by atoms with Gasteiger partial charge in [0.1, 0.15) is 0 Å². The largest absolute Gasteiger partial charge is 0.465 e. The van der Waals surface area contributed by atoms with Crippen molar-refractivity contribution in [3.8, 4) is 0 Å². The van der Waals surface area contributed by atoms with Crippen molar-refractivity contribution in [2.45, 2.75) is 25.3 Å². The minimum atomic E-state index is -0.247. The number of nitrogens with one attached hydrogen (secondary N) is 1. The fourth-order valence-electron chi connectivity index (χ4n) is 2.21. The predicted molar refractivity (Wildman–Crippen MR) is 69.6 cm³/mol. The average molecular weight is 256 g/mol. The molecule has 1 fully saturated rings. The normalized spacial score (nSPS) is 19.2. The molecule has 1 N–H and O–H groups in total. The summed E-state index contributed by atoms with van der Waals surface area (Å²) < 4.78 is 4.80. The first kappa shape index (κ1) is 14.0. The van der Waals surface area contributed by atoms with Gasteiger partial charge in [-0.15, -0.1) is 12.4 Å². The predicted octanol–water partition coefficient (Wildman–Crippen LogP) is 2.71. The van der Waals surface area contributed by atoms with Crippen LogP contribution >= 0.6 is 12.4 Å².